The molecule has 1 N–H and O–H groups in total. The summed E-state index contributed by atoms with van der Waals surface area (Å²) in [6.45, 7) is 2.31. The number of aliphatic hydroxyl groups is 1. The van der Waals surface area contributed by atoms with Crippen molar-refractivity contribution in [3.05, 3.63) is 63.9 Å². The molecule has 0 amide bonds. The molecule has 3 heterocycles. The molecule has 1 aliphatic heterocycles. The molecule has 0 aliphatic carbocycles. The Morgan fingerprint density at radius 3 is 2.81 bits per heavy atom. The number of benzene rings is 1. The van der Waals surface area contributed by atoms with Crippen molar-refractivity contribution in [3.63, 3.8) is 0 Å². The highest BCUT2D eigenvalue weighted by Crippen LogP contribution is 2.27. The van der Waals surface area contributed by atoms with Gasteiger partial charge in [0.15, 0.2) is 5.65 Å². The van der Waals surface area contributed by atoms with Crippen LogP contribution in [0.4, 0.5) is 14.6 Å². The van der Waals surface area contributed by atoms with E-state index in [-0.39, 0.29) is 41.5 Å². The molecule has 1 saturated heterocycles. The Labute approximate surface area is 176 Å². The fourth-order valence-corrected chi connectivity index (χ4v) is 3.89. The van der Waals surface area contributed by atoms with E-state index in [1.807, 2.05) is 4.90 Å². The monoisotopic (exact) mass is 429 g/mol. The molecule has 1 aliphatic rings. The van der Waals surface area contributed by atoms with E-state index in [4.69, 9.17) is 4.74 Å². The van der Waals surface area contributed by atoms with Crippen LogP contribution < -0.4 is 10.3 Å². The lowest BCUT2D eigenvalue weighted by Crippen LogP contribution is -2.33. The van der Waals surface area contributed by atoms with E-state index in [2.05, 4.69) is 4.98 Å². The van der Waals surface area contributed by atoms with Gasteiger partial charge in [-0.25, -0.2) is 18.6 Å². The largest absolute Gasteiger partial charge is 0.462 e. The average molecular weight is 429 g/mol. The van der Waals surface area contributed by atoms with E-state index in [9.17, 15) is 23.5 Å². The van der Waals surface area contributed by atoms with Gasteiger partial charge < -0.3 is 14.7 Å². The Kier molecular flexibility index (Phi) is 5.69. The fraction of sp³-hybridized carbons (Fsp3) is 0.318. The summed E-state index contributed by atoms with van der Waals surface area (Å²) >= 11 is 0. The number of aromatic nitrogens is 2. The molecular formula is C22H21F2N3O4. The van der Waals surface area contributed by atoms with E-state index >= 15 is 0 Å². The van der Waals surface area contributed by atoms with Gasteiger partial charge >= 0.3 is 5.97 Å². The summed E-state index contributed by atoms with van der Waals surface area (Å²) in [6.07, 6.45) is 2.85. The molecule has 7 nitrogen and oxygen atoms in total. The second kappa shape index (κ2) is 8.43. The number of carbonyl (C=O) groups excluding carboxylic acids is 1. The van der Waals surface area contributed by atoms with Crippen LogP contribution in [0.15, 0.2) is 41.3 Å². The minimum atomic E-state index is -0.874. The number of carbonyl (C=O) groups is 1. The van der Waals surface area contributed by atoms with Crippen LogP contribution in [0.3, 0.4) is 0 Å². The van der Waals surface area contributed by atoms with Crippen molar-refractivity contribution in [3.8, 4) is 5.69 Å². The number of hydrogen-bond acceptors (Lipinski definition) is 6. The summed E-state index contributed by atoms with van der Waals surface area (Å²) in [5.74, 6) is -1.95. The third-order valence-corrected chi connectivity index (χ3v) is 5.38. The summed E-state index contributed by atoms with van der Waals surface area (Å²) in [6, 6.07) is 6.07. The number of anilines is 1. The Morgan fingerprint density at radius 1 is 1.29 bits per heavy atom. The van der Waals surface area contributed by atoms with E-state index in [1.165, 1.54) is 22.9 Å². The summed E-state index contributed by atoms with van der Waals surface area (Å²) in [4.78, 5) is 31.8. The topological polar surface area (TPSA) is 84.7 Å². The molecule has 0 saturated carbocycles. The van der Waals surface area contributed by atoms with Gasteiger partial charge in [0.05, 0.1) is 30.3 Å². The number of halogens is 2. The van der Waals surface area contributed by atoms with Gasteiger partial charge in [0.2, 0.25) is 5.43 Å². The maximum Gasteiger partial charge on any atom is 0.343 e. The SMILES string of the molecule is CCOC(=O)c1cn(-c2ccc(F)cc2F)c2nc(N3CCCC3CO)ccc2c1=O. The quantitative estimate of drug-likeness (QED) is 0.628. The molecule has 1 atom stereocenters. The number of fused-ring (bicyclic) bond motifs is 1. The van der Waals surface area contributed by atoms with Gasteiger partial charge in [0, 0.05) is 18.8 Å². The van der Waals surface area contributed by atoms with Crippen LogP contribution in [0.1, 0.15) is 30.1 Å². The van der Waals surface area contributed by atoms with Gasteiger partial charge in [-0.1, -0.05) is 0 Å². The number of aliphatic hydroxyl groups excluding tert-OH is 1. The first-order valence-electron chi connectivity index (χ1n) is 10.0. The van der Waals surface area contributed by atoms with Gasteiger partial charge in [-0.05, 0) is 44.0 Å². The van der Waals surface area contributed by atoms with Gasteiger partial charge in [0.25, 0.3) is 0 Å². The number of nitrogens with zero attached hydrogens (tertiary/aromatic N) is 3. The van der Waals surface area contributed by atoms with Crippen LogP contribution >= 0.6 is 0 Å². The Balaban J connectivity index is 1.98. The van der Waals surface area contributed by atoms with Gasteiger partial charge in [-0.2, -0.15) is 0 Å². The molecule has 162 valence electrons. The van der Waals surface area contributed by atoms with Crippen LogP contribution in [0.5, 0.6) is 0 Å². The molecule has 2 aromatic heterocycles. The highest BCUT2D eigenvalue weighted by Gasteiger charge is 2.26. The number of rotatable bonds is 5. The smallest absolute Gasteiger partial charge is 0.343 e. The van der Waals surface area contributed by atoms with Crippen LogP contribution in [0.25, 0.3) is 16.7 Å². The number of pyridine rings is 2. The van der Waals surface area contributed by atoms with Crippen molar-refractivity contribution >= 4 is 22.8 Å². The normalized spacial score (nSPS) is 16.1. The van der Waals surface area contributed by atoms with Gasteiger partial charge in [-0.3, -0.25) is 9.36 Å². The maximum absolute atomic E-state index is 14.6. The minimum Gasteiger partial charge on any atom is -0.462 e. The standard InChI is InChI=1S/C22H21F2N3O4/c1-2-31-22(30)16-11-27(18-7-5-13(23)10-17(18)24)21-15(20(16)29)6-8-19(25-21)26-9-3-4-14(26)12-28/h5-8,10-11,14,28H,2-4,9,12H2,1H3. The van der Waals surface area contributed by atoms with Crippen LogP contribution in [0, 0.1) is 11.6 Å². The zero-order valence-corrected chi connectivity index (χ0v) is 16.8. The maximum atomic E-state index is 14.6. The zero-order chi connectivity index (χ0) is 22.1. The molecule has 0 radical (unpaired) electrons. The van der Waals surface area contributed by atoms with Crippen molar-refractivity contribution in [1.29, 1.82) is 0 Å². The summed E-state index contributed by atoms with van der Waals surface area (Å²) in [5, 5.41) is 9.73. The van der Waals surface area contributed by atoms with Crippen LogP contribution in [-0.2, 0) is 4.74 Å². The molecule has 0 spiro atoms. The number of hydrogen-bond donors (Lipinski definition) is 1. The molecule has 4 rings (SSSR count). The lowest BCUT2D eigenvalue weighted by Gasteiger charge is -2.24. The molecule has 1 aromatic carbocycles. The predicted octanol–water partition coefficient (Wildman–Crippen LogP) is 2.80. The second-order valence-electron chi connectivity index (χ2n) is 7.27. The average Bonchev–Trinajstić information content (AvgIpc) is 3.23. The summed E-state index contributed by atoms with van der Waals surface area (Å²) in [5.41, 5.74) is -0.820. The van der Waals surface area contributed by atoms with Crippen LogP contribution in [0.2, 0.25) is 0 Å². The summed E-state index contributed by atoms with van der Waals surface area (Å²) in [7, 11) is 0. The molecular weight excluding hydrogens is 408 g/mol. The number of esters is 1. The molecule has 0 bridgehead atoms. The highest BCUT2D eigenvalue weighted by atomic mass is 19.1. The molecule has 31 heavy (non-hydrogen) atoms. The first-order valence-corrected chi connectivity index (χ1v) is 10.0. The first-order chi connectivity index (χ1) is 14.9. The third kappa shape index (κ3) is 3.76. The second-order valence-corrected chi connectivity index (χ2v) is 7.27. The van der Waals surface area contributed by atoms with E-state index in [0.717, 1.165) is 25.0 Å². The van der Waals surface area contributed by atoms with E-state index < -0.39 is 23.0 Å². The first kappa shape index (κ1) is 20.9. The highest BCUT2D eigenvalue weighted by molar-refractivity contribution is 5.93. The zero-order valence-electron chi connectivity index (χ0n) is 16.8. The van der Waals surface area contributed by atoms with E-state index in [1.54, 1.807) is 13.0 Å². The molecule has 1 fully saturated rings. The number of ether oxygens (including phenoxy) is 1. The fourth-order valence-electron chi connectivity index (χ4n) is 3.89. The van der Waals surface area contributed by atoms with Crippen molar-refractivity contribution < 1.29 is 23.4 Å². The Hall–Kier alpha value is -3.33. The predicted molar refractivity (Wildman–Crippen MR) is 111 cm³/mol. The van der Waals surface area contributed by atoms with Crippen molar-refractivity contribution in [2.24, 2.45) is 0 Å². The third-order valence-electron chi connectivity index (χ3n) is 5.38. The lowest BCUT2D eigenvalue weighted by molar-refractivity contribution is 0.0524. The van der Waals surface area contributed by atoms with Crippen molar-refractivity contribution in [2.75, 3.05) is 24.7 Å². The van der Waals surface area contributed by atoms with Gasteiger partial charge in [-0.15, -0.1) is 0 Å². The minimum absolute atomic E-state index is 0.0408. The lowest BCUT2D eigenvalue weighted by atomic mass is 10.1. The molecule has 1 unspecified atom stereocenters. The van der Waals surface area contributed by atoms with Gasteiger partial charge in [0.1, 0.15) is 23.0 Å². The Bertz CT molecular complexity index is 1210. The molecule has 9 heteroatoms. The van der Waals surface area contributed by atoms with Crippen molar-refractivity contribution in [2.45, 2.75) is 25.8 Å². The van der Waals surface area contributed by atoms with Crippen molar-refractivity contribution in [1.82, 2.24) is 9.55 Å². The molecule has 3 aromatic rings. The van der Waals surface area contributed by atoms with Crippen LogP contribution in [-0.4, -0.2) is 46.4 Å². The Morgan fingerprint density at radius 2 is 2.10 bits per heavy atom. The summed E-state index contributed by atoms with van der Waals surface area (Å²) < 4.78 is 34.3. The van der Waals surface area contributed by atoms with E-state index in [0.29, 0.717) is 12.4 Å².